The number of allylic oxidation sites excluding steroid dienone is 1. The minimum atomic E-state index is 0.628. The molecule has 2 heteroatoms. The maximum atomic E-state index is 5.86. The largest absolute Gasteiger partial charge is 0.329 e. The molecule has 0 saturated heterocycles. The van der Waals surface area contributed by atoms with Crippen molar-refractivity contribution < 1.29 is 0 Å². The summed E-state index contributed by atoms with van der Waals surface area (Å²) in [5.74, 6) is 0.889. The second-order valence-electron chi connectivity index (χ2n) is 4.73. The van der Waals surface area contributed by atoms with Crippen LogP contribution in [0.5, 0.6) is 0 Å². The molecular formula is C12H22N2. The van der Waals surface area contributed by atoms with Crippen LogP contribution in [-0.4, -0.2) is 30.6 Å². The smallest absolute Gasteiger partial charge is 0.0278 e. The Labute approximate surface area is 87.2 Å². The third-order valence-corrected chi connectivity index (χ3v) is 3.68. The lowest BCUT2D eigenvalue weighted by atomic mass is 9.99. The molecule has 2 atom stereocenters. The average molecular weight is 194 g/mol. The lowest BCUT2D eigenvalue weighted by Gasteiger charge is -2.34. The highest BCUT2D eigenvalue weighted by molar-refractivity contribution is 5.01. The van der Waals surface area contributed by atoms with E-state index in [9.17, 15) is 0 Å². The molecule has 2 unspecified atom stereocenters. The van der Waals surface area contributed by atoms with Crippen molar-refractivity contribution in [3.05, 3.63) is 12.2 Å². The zero-order valence-electron chi connectivity index (χ0n) is 9.15. The van der Waals surface area contributed by atoms with E-state index in [1.54, 1.807) is 0 Å². The first kappa shape index (κ1) is 10.2. The van der Waals surface area contributed by atoms with Crippen molar-refractivity contribution in [3.8, 4) is 0 Å². The fraction of sp³-hybridized carbons (Fsp3) is 0.833. The van der Waals surface area contributed by atoms with E-state index in [1.807, 2.05) is 0 Å². The number of hydrogen-bond acceptors (Lipinski definition) is 2. The van der Waals surface area contributed by atoms with Gasteiger partial charge in [0, 0.05) is 18.6 Å². The van der Waals surface area contributed by atoms with Crippen LogP contribution >= 0.6 is 0 Å². The van der Waals surface area contributed by atoms with Gasteiger partial charge in [0.2, 0.25) is 0 Å². The topological polar surface area (TPSA) is 29.3 Å². The monoisotopic (exact) mass is 194 g/mol. The van der Waals surface area contributed by atoms with E-state index in [2.05, 4.69) is 24.1 Å². The summed E-state index contributed by atoms with van der Waals surface area (Å²) in [7, 11) is 2.25. The summed E-state index contributed by atoms with van der Waals surface area (Å²) in [6.45, 7) is 0.825. The highest BCUT2D eigenvalue weighted by atomic mass is 15.2. The summed E-state index contributed by atoms with van der Waals surface area (Å²) in [4.78, 5) is 2.51. The predicted octanol–water partition coefficient (Wildman–Crippen LogP) is 1.76. The van der Waals surface area contributed by atoms with Crippen LogP contribution in [0, 0.1) is 5.92 Å². The van der Waals surface area contributed by atoms with Gasteiger partial charge in [-0.1, -0.05) is 12.2 Å². The SMILES string of the molecule is CN(C1C=CCCC1)C(CN)C1CC1. The normalized spacial score (nSPS) is 29.5. The van der Waals surface area contributed by atoms with Gasteiger partial charge in [-0.3, -0.25) is 4.90 Å². The highest BCUT2D eigenvalue weighted by Gasteiger charge is 2.34. The molecule has 0 amide bonds. The quantitative estimate of drug-likeness (QED) is 0.691. The summed E-state index contributed by atoms with van der Waals surface area (Å²) >= 11 is 0. The van der Waals surface area contributed by atoms with Crippen molar-refractivity contribution in [2.45, 2.75) is 44.2 Å². The Morgan fingerprint density at radius 1 is 1.43 bits per heavy atom. The first-order chi connectivity index (χ1) is 6.83. The Morgan fingerprint density at radius 2 is 2.21 bits per heavy atom. The van der Waals surface area contributed by atoms with Gasteiger partial charge in [-0.05, 0) is 45.1 Å². The molecule has 2 aliphatic carbocycles. The van der Waals surface area contributed by atoms with Crippen LogP contribution in [0.15, 0.2) is 12.2 Å². The number of rotatable bonds is 4. The second kappa shape index (κ2) is 4.45. The molecule has 0 aliphatic heterocycles. The molecule has 80 valence electrons. The summed E-state index contributed by atoms with van der Waals surface area (Å²) in [5, 5.41) is 0. The van der Waals surface area contributed by atoms with Gasteiger partial charge < -0.3 is 5.73 Å². The van der Waals surface area contributed by atoms with E-state index < -0.39 is 0 Å². The third kappa shape index (κ3) is 2.18. The van der Waals surface area contributed by atoms with E-state index in [-0.39, 0.29) is 0 Å². The molecule has 1 fully saturated rings. The molecule has 14 heavy (non-hydrogen) atoms. The molecule has 0 heterocycles. The van der Waals surface area contributed by atoms with Gasteiger partial charge in [0.05, 0.1) is 0 Å². The van der Waals surface area contributed by atoms with E-state index >= 15 is 0 Å². The van der Waals surface area contributed by atoms with E-state index in [0.29, 0.717) is 12.1 Å². The second-order valence-corrected chi connectivity index (χ2v) is 4.73. The number of hydrogen-bond donors (Lipinski definition) is 1. The maximum absolute atomic E-state index is 5.86. The van der Waals surface area contributed by atoms with Crippen molar-refractivity contribution in [1.29, 1.82) is 0 Å². The van der Waals surface area contributed by atoms with E-state index in [0.717, 1.165) is 12.5 Å². The van der Waals surface area contributed by atoms with Gasteiger partial charge in [0.25, 0.3) is 0 Å². The average Bonchev–Trinajstić information content (AvgIpc) is 3.04. The Kier molecular flexibility index (Phi) is 3.24. The molecule has 0 aromatic heterocycles. The van der Waals surface area contributed by atoms with Crippen LogP contribution in [0.25, 0.3) is 0 Å². The number of nitrogens with two attached hydrogens (primary N) is 1. The standard InChI is InChI=1S/C12H22N2/c1-14(11-5-3-2-4-6-11)12(9-13)10-7-8-10/h3,5,10-12H,2,4,6-9,13H2,1H3. The van der Waals surface area contributed by atoms with Gasteiger partial charge in [0.15, 0.2) is 0 Å². The Bertz CT molecular complexity index is 208. The van der Waals surface area contributed by atoms with Crippen LogP contribution in [0.1, 0.15) is 32.1 Å². The molecule has 2 nitrogen and oxygen atoms in total. The molecule has 2 N–H and O–H groups in total. The van der Waals surface area contributed by atoms with Gasteiger partial charge in [-0.25, -0.2) is 0 Å². The minimum Gasteiger partial charge on any atom is -0.329 e. The summed E-state index contributed by atoms with van der Waals surface area (Å²) in [5.41, 5.74) is 5.86. The van der Waals surface area contributed by atoms with Crippen molar-refractivity contribution in [2.75, 3.05) is 13.6 Å². The molecule has 2 aliphatic rings. The molecule has 2 rings (SSSR count). The molecule has 1 saturated carbocycles. The van der Waals surface area contributed by atoms with Crippen molar-refractivity contribution in [3.63, 3.8) is 0 Å². The summed E-state index contributed by atoms with van der Waals surface area (Å²) in [6.07, 6.45) is 11.4. The fourth-order valence-corrected chi connectivity index (χ4v) is 2.55. The fourth-order valence-electron chi connectivity index (χ4n) is 2.55. The lowest BCUT2D eigenvalue weighted by Crippen LogP contribution is -2.45. The summed E-state index contributed by atoms with van der Waals surface area (Å²) in [6, 6.07) is 1.28. The maximum Gasteiger partial charge on any atom is 0.0278 e. The van der Waals surface area contributed by atoms with E-state index in [4.69, 9.17) is 5.73 Å². The molecule has 0 aromatic carbocycles. The zero-order valence-corrected chi connectivity index (χ0v) is 9.15. The van der Waals surface area contributed by atoms with Gasteiger partial charge in [-0.15, -0.1) is 0 Å². The van der Waals surface area contributed by atoms with Gasteiger partial charge >= 0.3 is 0 Å². The van der Waals surface area contributed by atoms with Crippen molar-refractivity contribution in [1.82, 2.24) is 4.90 Å². The Morgan fingerprint density at radius 3 is 2.71 bits per heavy atom. The molecule has 0 bridgehead atoms. The van der Waals surface area contributed by atoms with Gasteiger partial charge in [-0.2, -0.15) is 0 Å². The van der Waals surface area contributed by atoms with Crippen LogP contribution in [0.2, 0.25) is 0 Å². The van der Waals surface area contributed by atoms with Crippen molar-refractivity contribution >= 4 is 0 Å². The molecule has 0 spiro atoms. The molecule has 0 radical (unpaired) electrons. The Balaban J connectivity index is 1.93. The van der Waals surface area contributed by atoms with Gasteiger partial charge in [0.1, 0.15) is 0 Å². The van der Waals surface area contributed by atoms with Crippen molar-refractivity contribution in [2.24, 2.45) is 11.7 Å². The van der Waals surface area contributed by atoms with E-state index in [1.165, 1.54) is 32.1 Å². The first-order valence-corrected chi connectivity index (χ1v) is 5.91. The zero-order chi connectivity index (χ0) is 9.97. The minimum absolute atomic E-state index is 0.628. The summed E-state index contributed by atoms with van der Waals surface area (Å²) < 4.78 is 0. The van der Waals surface area contributed by atoms with Crippen LogP contribution in [0.4, 0.5) is 0 Å². The van der Waals surface area contributed by atoms with Crippen LogP contribution in [-0.2, 0) is 0 Å². The number of nitrogens with zero attached hydrogens (tertiary/aromatic N) is 1. The predicted molar refractivity (Wildman–Crippen MR) is 60.1 cm³/mol. The van der Waals surface area contributed by atoms with Crippen LogP contribution < -0.4 is 5.73 Å². The Hall–Kier alpha value is -0.340. The highest BCUT2D eigenvalue weighted by Crippen LogP contribution is 2.35. The molecular weight excluding hydrogens is 172 g/mol. The van der Waals surface area contributed by atoms with Crippen LogP contribution in [0.3, 0.4) is 0 Å². The third-order valence-electron chi connectivity index (χ3n) is 3.68. The molecule has 0 aromatic rings. The number of likely N-dealkylation sites (N-methyl/N-ethyl adjacent to an activating group) is 1. The lowest BCUT2D eigenvalue weighted by molar-refractivity contribution is 0.174. The first-order valence-electron chi connectivity index (χ1n) is 5.91.